The molecule has 0 aromatic carbocycles. The van der Waals surface area contributed by atoms with Crippen molar-refractivity contribution in [3.8, 4) is 0 Å². The Kier molecular flexibility index (Phi) is 12.1. The van der Waals surface area contributed by atoms with E-state index < -0.39 is 0 Å². The molecule has 0 bridgehead atoms. The molecule has 0 fully saturated rings. The van der Waals surface area contributed by atoms with E-state index in [0.717, 1.165) is 17.6 Å². The zero-order chi connectivity index (χ0) is 8.91. The molecule has 5 heteroatoms. The molecule has 0 rings (SSSR count). The molecule has 0 radical (unpaired) electrons. The van der Waals surface area contributed by atoms with Crippen molar-refractivity contribution < 1.29 is 36.5 Å². The van der Waals surface area contributed by atoms with Crippen LogP contribution < -0.4 is 17.0 Å². The van der Waals surface area contributed by atoms with Gasteiger partial charge in [-0.05, 0) is 6.92 Å². The van der Waals surface area contributed by atoms with Gasteiger partial charge in [-0.15, -0.1) is 0 Å². The van der Waals surface area contributed by atoms with Crippen molar-refractivity contribution >= 4 is 5.97 Å². The maximum absolute atomic E-state index is 10.4. The third-order valence-corrected chi connectivity index (χ3v) is 1.86. The van der Waals surface area contributed by atoms with Crippen LogP contribution in [0.2, 0.25) is 0 Å². The van der Waals surface area contributed by atoms with Crippen LogP contribution in [0.4, 0.5) is 0 Å². The second-order valence-corrected chi connectivity index (χ2v) is 3.32. The van der Waals surface area contributed by atoms with Gasteiger partial charge >= 0.3 is 5.97 Å². The first kappa shape index (κ1) is 18.6. The highest BCUT2D eigenvalue weighted by molar-refractivity contribution is 5.65. The lowest BCUT2D eigenvalue weighted by Gasteiger charge is -2.27. The van der Waals surface area contributed by atoms with Crippen molar-refractivity contribution in [2.45, 2.75) is 13.8 Å². The molecule has 0 aliphatic carbocycles. The lowest BCUT2D eigenvalue weighted by Crippen LogP contribution is -3.00. The fourth-order valence-corrected chi connectivity index (χ4v) is 0.595. The van der Waals surface area contributed by atoms with Crippen molar-refractivity contribution in [1.82, 2.24) is 0 Å². The van der Waals surface area contributed by atoms with E-state index in [4.69, 9.17) is 4.74 Å². The van der Waals surface area contributed by atoms with Crippen LogP contribution >= 0.6 is 0 Å². The second kappa shape index (κ2) is 8.47. The molecular formula is C8H20BrNO3. The smallest absolute Gasteiger partial charge is 0.302 e. The number of ether oxygens (including phenoxy) is 1. The molecule has 0 aromatic heterocycles. The summed E-state index contributed by atoms with van der Waals surface area (Å²) in [4.78, 5) is 10.4. The van der Waals surface area contributed by atoms with Gasteiger partial charge in [0.1, 0.15) is 13.2 Å². The standard InChI is InChI=1S/C8H18NO2.BrH.H2O/c1-5-9(3,4)6-7-11-8(2)10;;/h5-7H2,1-4H3;1H;1H2/q+1;;/p-1. The molecule has 0 saturated heterocycles. The van der Waals surface area contributed by atoms with Crippen molar-refractivity contribution in [3.05, 3.63) is 0 Å². The molecule has 0 aliphatic heterocycles. The number of hydrogen-bond acceptors (Lipinski definition) is 2. The summed E-state index contributed by atoms with van der Waals surface area (Å²) in [6.45, 7) is 6.02. The average molecular weight is 258 g/mol. The highest BCUT2D eigenvalue weighted by Crippen LogP contribution is 1.94. The highest BCUT2D eigenvalue weighted by Gasteiger charge is 2.11. The predicted molar refractivity (Wildman–Crippen MR) is 47.8 cm³/mol. The van der Waals surface area contributed by atoms with E-state index in [1.165, 1.54) is 6.92 Å². The third kappa shape index (κ3) is 11.9. The number of halogens is 1. The van der Waals surface area contributed by atoms with Crippen LogP contribution in [0.1, 0.15) is 13.8 Å². The molecule has 0 heterocycles. The normalized spacial score (nSPS) is 9.54. The van der Waals surface area contributed by atoms with Gasteiger partial charge in [0.15, 0.2) is 0 Å². The molecule has 0 aromatic rings. The fourth-order valence-electron chi connectivity index (χ4n) is 0.595. The Balaban J connectivity index is -0.000000500. The summed E-state index contributed by atoms with van der Waals surface area (Å²) in [6, 6.07) is 0. The maximum atomic E-state index is 10.4. The third-order valence-electron chi connectivity index (χ3n) is 1.86. The van der Waals surface area contributed by atoms with Gasteiger partial charge in [-0.3, -0.25) is 4.79 Å². The topological polar surface area (TPSA) is 57.8 Å². The second-order valence-electron chi connectivity index (χ2n) is 3.32. The zero-order valence-corrected chi connectivity index (χ0v) is 10.3. The molecule has 0 atom stereocenters. The Morgan fingerprint density at radius 2 is 1.85 bits per heavy atom. The molecule has 0 spiro atoms. The number of rotatable bonds is 4. The molecule has 4 nitrogen and oxygen atoms in total. The van der Waals surface area contributed by atoms with Crippen LogP contribution in [0, 0.1) is 0 Å². The molecule has 0 saturated carbocycles. The molecule has 0 aliphatic rings. The highest BCUT2D eigenvalue weighted by atomic mass is 79.9. The van der Waals surface area contributed by atoms with Gasteiger partial charge in [0.05, 0.1) is 20.6 Å². The molecule has 82 valence electrons. The zero-order valence-electron chi connectivity index (χ0n) is 8.76. The minimum atomic E-state index is -0.193. The van der Waals surface area contributed by atoms with Crippen LogP contribution in [0.3, 0.4) is 0 Å². The summed E-state index contributed by atoms with van der Waals surface area (Å²) in [5.41, 5.74) is 0. The SMILES string of the molecule is CC[N+](C)(C)CCOC(C)=O.O.[Br-]. The summed E-state index contributed by atoms with van der Waals surface area (Å²) in [7, 11) is 4.23. The van der Waals surface area contributed by atoms with E-state index >= 15 is 0 Å². The number of esters is 1. The van der Waals surface area contributed by atoms with Crippen molar-refractivity contribution in [2.24, 2.45) is 0 Å². The van der Waals surface area contributed by atoms with E-state index in [2.05, 4.69) is 21.0 Å². The van der Waals surface area contributed by atoms with Gasteiger partial charge in [-0.1, -0.05) is 0 Å². The monoisotopic (exact) mass is 257 g/mol. The van der Waals surface area contributed by atoms with Gasteiger partial charge < -0.3 is 31.7 Å². The Morgan fingerprint density at radius 3 is 2.15 bits per heavy atom. The van der Waals surface area contributed by atoms with E-state index in [1.54, 1.807) is 0 Å². The maximum Gasteiger partial charge on any atom is 0.302 e. The fraction of sp³-hybridized carbons (Fsp3) is 0.875. The van der Waals surface area contributed by atoms with Crippen molar-refractivity contribution in [1.29, 1.82) is 0 Å². The van der Waals surface area contributed by atoms with Crippen molar-refractivity contribution in [2.75, 3.05) is 33.8 Å². The number of nitrogens with zero attached hydrogens (tertiary/aromatic N) is 1. The number of carbonyl (C=O) groups excluding carboxylic acids is 1. The van der Waals surface area contributed by atoms with E-state index in [1.807, 2.05) is 0 Å². The first-order valence-corrected chi connectivity index (χ1v) is 3.93. The van der Waals surface area contributed by atoms with Crippen LogP contribution in [0.25, 0.3) is 0 Å². The first-order valence-electron chi connectivity index (χ1n) is 3.93. The number of carbonyl (C=O) groups is 1. The van der Waals surface area contributed by atoms with Crippen LogP contribution in [-0.2, 0) is 9.53 Å². The Labute approximate surface area is 90.5 Å². The quantitative estimate of drug-likeness (QED) is 0.394. The van der Waals surface area contributed by atoms with Crippen LogP contribution in [0.15, 0.2) is 0 Å². The molecule has 13 heavy (non-hydrogen) atoms. The number of likely N-dealkylation sites (N-methyl/N-ethyl adjacent to an activating group) is 1. The van der Waals surface area contributed by atoms with E-state index in [9.17, 15) is 4.79 Å². The molecule has 0 amide bonds. The van der Waals surface area contributed by atoms with Gasteiger partial charge in [0.2, 0.25) is 0 Å². The summed E-state index contributed by atoms with van der Waals surface area (Å²) in [5, 5.41) is 0. The summed E-state index contributed by atoms with van der Waals surface area (Å²) in [5.74, 6) is -0.193. The minimum Gasteiger partial charge on any atom is -1.00 e. The molecule has 2 N–H and O–H groups in total. The lowest BCUT2D eigenvalue weighted by molar-refractivity contribution is -0.888. The summed E-state index contributed by atoms with van der Waals surface area (Å²) < 4.78 is 5.72. The van der Waals surface area contributed by atoms with Crippen molar-refractivity contribution in [3.63, 3.8) is 0 Å². The minimum absolute atomic E-state index is 0. The summed E-state index contributed by atoms with van der Waals surface area (Å²) >= 11 is 0. The molecular weight excluding hydrogens is 238 g/mol. The molecule has 0 unspecified atom stereocenters. The van der Waals surface area contributed by atoms with Gasteiger partial charge in [-0.25, -0.2) is 0 Å². The van der Waals surface area contributed by atoms with Crippen LogP contribution in [0.5, 0.6) is 0 Å². The van der Waals surface area contributed by atoms with E-state index in [-0.39, 0.29) is 28.4 Å². The van der Waals surface area contributed by atoms with Gasteiger partial charge in [0.25, 0.3) is 0 Å². The Hall–Kier alpha value is -0.130. The largest absolute Gasteiger partial charge is 1.00 e. The Bertz CT molecular complexity index is 139. The summed E-state index contributed by atoms with van der Waals surface area (Å²) in [6.07, 6.45) is 0. The van der Waals surface area contributed by atoms with Crippen LogP contribution in [-0.4, -0.2) is 49.7 Å². The number of hydrogen-bond donors (Lipinski definition) is 0. The van der Waals surface area contributed by atoms with Gasteiger partial charge in [0, 0.05) is 6.92 Å². The van der Waals surface area contributed by atoms with E-state index in [0.29, 0.717) is 6.61 Å². The first-order chi connectivity index (χ1) is 4.98. The lowest BCUT2D eigenvalue weighted by atomic mass is 10.4. The predicted octanol–water partition coefficient (Wildman–Crippen LogP) is -3.17. The van der Waals surface area contributed by atoms with Gasteiger partial charge in [-0.2, -0.15) is 0 Å². The average Bonchev–Trinajstić information content (AvgIpc) is 1.87. The number of quaternary nitrogens is 1. The Morgan fingerprint density at radius 1 is 1.38 bits per heavy atom.